The summed E-state index contributed by atoms with van der Waals surface area (Å²) >= 11 is 0. The third kappa shape index (κ3) is 4.52. The molecule has 8 heteroatoms. The summed E-state index contributed by atoms with van der Waals surface area (Å²) in [5.41, 5.74) is 5.70. The van der Waals surface area contributed by atoms with Crippen LogP contribution in [-0.4, -0.2) is 32.2 Å². The summed E-state index contributed by atoms with van der Waals surface area (Å²) in [6.07, 6.45) is 2.90. The van der Waals surface area contributed by atoms with Crippen molar-refractivity contribution in [3.63, 3.8) is 0 Å². The number of sulfone groups is 1. The molecule has 2 amide bonds. The van der Waals surface area contributed by atoms with Gasteiger partial charge in [0.25, 0.3) is 0 Å². The van der Waals surface area contributed by atoms with E-state index >= 15 is 0 Å². The number of fused-ring (bicyclic) bond motifs is 1. The quantitative estimate of drug-likeness (QED) is 0.606. The second kappa shape index (κ2) is 8.58. The smallest absolute Gasteiger partial charge is 0.322 e. The van der Waals surface area contributed by atoms with Crippen LogP contribution in [0.2, 0.25) is 0 Å². The zero-order valence-corrected chi connectivity index (χ0v) is 20.4. The van der Waals surface area contributed by atoms with Crippen molar-refractivity contribution in [3.05, 3.63) is 77.0 Å². The van der Waals surface area contributed by atoms with Crippen LogP contribution in [0.5, 0.6) is 0 Å². The van der Waals surface area contributed by atoms with Crippen LogP contribution in [0.25, 0.3) is 11.3 Å². The number of carbonyl (C=O) groups is 1. The second-order valence-electron chi connectivity index (χ2n) is 9.27. The van der Waals surface area contributed by atoms with E-state index in [0.29, 0.717) is 12.1 Å². The number of carbonyl (C=O) groups excluding carboxylic acids is 1. The summed E-state index contributed by atoms with van der Waals surface area (Å²) in [4.78, 5) is 19.6. The van der Waals surface area contributed by atoms with E-state index in [2.05, 4.69) is 30.2 Å². The van der Waals surface area contributed by atoms with Crippen LogP contribution >= 0.6 is 0 Å². The lowest BCUT2D eigenvalue weighted by Gasteiger charge is -2.21. The van der Waals surface area contributed by atoms with Crippen LogP contribution < -0.4 is 10.2 Å². The first-order valence-corrected chi connectivity index (χ1v) is 12.7. The largest absolute Gasteiger partial charge is 0.334 e. The maximum atomic E-state index is 13.0. The number of rotatable bonds is 4. The molecule has 174 valence electrons. The highest BCUT2D eigenvalue weighted by atomic mass is 32.2. The van der Waals surface area contributed by atoms with Crippen molar-refractivity contribution >= 4 is 21.6 Å². The first kappa shape index (κ1) is 23.5. The number of nitriles is 1. The number of benzene rings is 2. The third-order valence-electron chi connectivity index (χ3n) is 6.13. The van der Waals surface area contributed by atoms with Crippen LogP contribution in [-0.2, 0) is 21.8 Å². The lowest BCUT2D eigenvalue weighted by atomic mass is 9.86. The maximum Gasteiger partial charge on any atom is 0.322 e. The maximum absolute atomic E-state index is 13.0. The first-order valence-electron chi connectivity index (χ1n) is 10.9. The number of nitrogens with zero attached hydrogens (tertiary/aromatic N) is 3. The lowest BCUT2D eigenvalue weighted by Crippen LogP contribution is -2.41. The Kier molecular flexibility index (Phi) is 5.92. The summed E-state index contributed by atoms with van der Waals surface area (Å²) in [5, 5.41) is 12.1. The summed E-state index contributed by atoms with van der Waals surface area (Å²) in [6, 6.07) is 16.0. The fourth-order valence-corrected chi connectivity index (χ4v) is 4.88. The number of hydrogen-bond acceptors (Lipinski definition) is 5. The molecule has 0 radical (unpaired) electrons. The minimum atomic E-state index is -3.26. The number of anilines is 1. The highest BCUT2D eigenvalue weighted by Gasteiger charge is 2.38. The number of amides is 2. The Morgan fingerprint density at radius 2 is 1.88 bits per heavy atom. The number of aromatic nitrogens is 1. The molecule has 0 saturated heterocycles. The Morgan fingerprint density at radius 1 is 1.18 bits per heavy atom. The molecule has 0 atom stereocenters. The van der Waals surface area contributed by atoms with Crippen molar-refractivity contribution in [1.82, 2.24) is 10.3 Å². The summed E-state index contributed by atoms with van der Waals surface area (Å²) < 4.78 is 23.3. The van der Waals surface area contributed by atoms with E-state index in [1.165, 1.54) is 6.26 Å². The molecule has 0 spiro atoms. The molecule has 7 nitrogen and oxygen atoms in total. The van der Waals surface area contributed by atoms with Gasteiger partial charge in [0.05, 0.1) is 34.1 Å². The molecule has 3 aromatic rings. The van der Waals surface area contributed by atoms with E-state index < -0.39 is 9.84 Å². The average Bonchev–Trinajstić information content (AvgIpc) is 3.07. The van der Waals surface area contributed by atoms with Crippen LogP contribution in [0.4, 0.5) is 10.5 Å². The van der Waals surface area contributed by atoms with Crippen LogP contribution in [0.15, 0.2) is 59.6 Å². The standard InChI is InChI=1S/C26H26N4O3S/c1-17-11-19(13-27)7-10-21(17)23-12-22-24(15-28-23)30(16-26(22,2)3)25(31)29-14-18-5-8-20(9-6-18)34(4,32)33/h5-12,15H,14,16H2,1-4H3,(H,29,31). The summed E-state index contributed by atoms with van der Waals surface area (Å²) in [5.74, 6) is 0. The Bertz CT molecular complexity index is 1420. The van der Waals surface area contributed by atoms with Gasteiger partial charge in [-0.3, -0.25) is 9.88 Å². The van der Waals surface area contributed by atoms with Crippen molar-refractivity contribution in [2.24, 2.45) is 0 Å². The van der Waals surface area contributed by atoms with Gasteiger partial charge in [-0.25, -0.2) is 13.2 Å². The summed E-state index contributed by atoms with van der Waals surface area (Å²) in [7, 11) is -3.26. The van der Waals surface area contributed by atoms with Crippen LogP contribution in [0.3, 0.4) is 0 Å². The second-order valence-corrected chi connectivity index (χ2v) is 11.3. The molecule has 0 bridgehead atoms. The molecule has 2 heterocycles. The zero-order valence-electron chi connectivity index (χ0n) is 19.6. The highest BCUT2D eigenvalue weighted by molar-refractivity contribution is 7.90. The predicted octanol–water partition coefficient (Wildman–Crippen LogP) is 4.34. The summed E-state index contributed by atoms with van der Waals surface area (Å²) in [6.45, 7) is 6.94. The monoisotopic (exact) mass is 474 g/mol. The van der Waals surface area contributed by atoms with E-state index in [9.17, 15) is 13.2 Å². The molecule has 0 fully saturated rings. The SMILES string of the molecule is Cc1cc(C#N)ccc1-c1cc2c(cn1)N(C(=O)NCc1ccc(S(C)(=O)=O)cc1)CC2(C)C. The van der Waals surface area contributed by atoms with Gasteiger partial charge < -0.3 is 5.32 Å². The molecule has 2 aromatic carbocycles. The molecule has 0 unspecified atom stereocenters. The van der Waals surface area contributed by atoms with Gasteiger partial charge in [-0.2, -0.15) is 5.26 Å². The molecular weight excluding hydrogens is 448 g/mol. The fourth-order valence-electron chi connectivity index (χ4n) is 4.25. The fraction of sp³-hybridized carbons (Fsp3) is 0.269. The van der Waals surface area contributed by atoms with Crippen molar-refractivity contribution in [1.29, 1.82) is 5.26 Å². The van der Waals surface area contributed by atoms with E-state index in [1.807, 2.05) is 25.1 Å². The van der Waals surface area contributed by atoms with Gasteiger partial charge in [-0.05, 0) is 53.9 Å². The lowest BCUT2D eigenvalue weighted by molar-refractivity contribution is 0.245. The van der Waals surface area contributed by atoms with E-state index in [4.69, 9.17) is 5.26 Å². The third-order valence-corrected chi connectivity index (χ3v) is 7.26. The van der Waals surface area contributed by atoms with Gasteiger partial charge >= 0.3 is 6.03 Å². The van der Waals surface area contributed by atoms with Crippen molar-refractivity contribution in [2.45, 2.75) is 37.6 Å². The Labute approximate surface area is 200 Å². The van der Waals surface area contributed by atoms with Crippen LogP contribution in [0.1, 0.15) is 36.1 Å². The van der Waals surface area contributed by atoms with Crippen molar-refractivity contribution < 1.29 is 13.2 Å². The zero-order chi connectivity index (χ0) is 24.7. The predicted molar refractivity (Wildman–Crippen MR) is 131 cm³/mol. The van der Waals surface area contributed by atoms with Crippen molar-refractivity contribution in [2.75, 3.05) is 17.7 Å². The van der Waals surface area contributed by atoms with Gasteiger partial charge in [0.2, 0.25) is 0 Å². The number of urea groups is 1. The Balaban J connectivity index is 1.55. The average molecular weight is 475 g/mol. The van der Waals surface area contributed by atoms with E-state index in [0.717, 1.165) is 33.6 Å². The Hall–Kier alpha value is -3.70. The van der Waals surface area contributed by atoms with Gasteiger partial charge in [0.15, 0.2) is 9.84 Å². The first-order chi connectivity index (χ1) is 16.0. The molecule has 1 aromatic heterocycles. The molecule has 1 N–H and O–H groups in total. The van der Waals surface area contributed by atoms with Crippen LogP contribution in [0, 0.1) is 18.3 Å². The van der Waals surface area contributed by atoms with E-state index in [1.54, 1.807) is 41.4 Å². The van der Waals surface area contributed by atoms with E-state index in [-0.39, 0.29) is 22.9 Å². The molecular formula is C26H26N4O3S. The van der Waals surface area contributed by atoms with Gasteiger partial charge in [-0.15, -0.1) is 0 Å². The van der Waals surface area contributed by atoms with Gasteiger partial charge in [-0.1, -0.05) is 32.0 Å². The van der Waals surface area contributed by atoms with Gasteiger partial charge in [0, 0.05) is 30.3 Å². The minimum Gasteiger partial charge on any atom is -0.334 e. The molecule has 34 heavy (non-hydrogen) atoms. The van der Waals surface area contributed by atoms with Crippen molar-refractivity contribution in [3.8, 4) is 17.3 Å². The molecule has 1 aliphatic rings. The molecule has 4 rings (SSSR count). The molecule has 0 saturated carbocycles. The highest BCUT2D eigenvalue weighted by Crippen LogP contribution is 2.41. The topological polar surface area (TPSA) is 103 Å². The number of nitrogens with one attached hydrogen (secondary N) is 1. The van der Waals surface area contributed by atoms with Gasteiger partial charge in [0.1, 0.15) is 0 Å². The normalized spacial score (nSPS) is 14.4. The molecule has 1 aliphatic heterocycles. The Morgan fingerprint density at radius 3 is 2.50 bits per heavy atom. The number of pyridine rings is 1. The number of hydrogen-bond donors (Lipinski definition) is 1. The number of aryl methyl sites for hydroxylation is 1. The molecule has 0 aliphatic carbocycles. The minimum absolute atomic E-state index is 0.233.